The number of para-hydroxylation sites is 1. The maximum Gasteiger partial charge on any atom is 0.247 e. The van der Waals surface area contributed by atoms with E-state index in [-0.39, 0.29) is 12.3 Å². The van der Waals surface area contributed by atoms with Crippen molar-refractivity contribution in [1.29, 1.82) is 0 Å². The van der Waals surface area contributed by atoms with Crippen LogP contribution in [0.4, 0.5) is 5.69 Å². The third kappa shape index (κ3) is 3.54. The lowest BCUT2D eigenvalue weighted by molar-refractivity contribution is -0.305. The number of amidine groups is 1. The highest BCUT2D eigenvalue weighted by Gasteiger charge is 2.39. The molecule has 0 radical (unpaired) electrons. The second-order valence-electron chi connectivity index (χ2n) is 4.83. The Hall–Kier alpha value is -2.87. The van der Waals surface area contributed by atoms with Gasteiger partial charge in [-0.1, -0.05) is 30.0 Å². The van der Waals surface area contributed by atoms with Gasteiger partial charge < -0.3 is 14.3 Å². The van der Waals surface area contributed by atoms with Crippen LogP contribution in [-0.2, 0) is 9.59 Å². The maximum atomic E-state index is 12.5. The number of benzene rings is 1. The molecular weight excluding hydrogens is 330 g/mol. The van der Waals surface area contributed by atoms with Gasteiger partial charge in [0.05, 0.1) is 23.4 Å². The molecule has 1 saturated heterocycles. The van der Waals surface area contributed by atoms with E-state index in [1.54, 1.807) is 36.4 Å². The molecule has 2 aromatic rings. The second-order valence-corrected chi connectivity index (χ2v) is 6.00. The Morgan fingerprint density at radius 2 is 2.08 bits per heavy atom. The highest BCUT2D eigenvalue weighted by atomic mass is 32.2. The van der Waals surface area contributed by atoms with Crippen molar-refractivity contribution in [3.63, 3.8) is 0 Å². The molecule has 122 valence electrons. The topological polar surface area (TPSA) is 98.3 Å². The summed E-state index contributed by atoms with van der Waals surface area (Å²) in [6, 6.07) is 12.3. The molecule has 1 fully saturated rings. The minimum Gasteiger partial charge on any atom is -0.550 e. The Balaban J connectivity index is 1.88. The van der Waals surface area contributed by atoms with E-state index >= 15 is 0 Å². The molecule has 7 nitrogen and oxygen atoms in total. The van der Waals surface area contributed by atoms with Crippen LogP contribution < -0.4 is 10.0 Å². The van der Waals surface area contributed by atoms with Gasteiger partial charge in [-0.05, 0) is 24.3 Å². The zero-order valence-corrected chi connectivity index (χ0v) is 13.2. The Morgan fingerprint density at radius 1 is 1.29 bits per heavy atom. The largest absolute Gasteiger partial charge is 0.550 e. The lowest BCUT2D eigenvalue weighted by Crippen LogP contribution is -2.35. The van der Waals surface area contributed by atoms with Gasteiger partial charge in [0.2, 0.25) is 5.91 Å². The Morgan fingerprint density at radius 3 is 2.75 bits per heavy atom. The summed E-state index contributed by atoms with van der Waals surface area (Å²) in [6.07, 6.45) is 2.54. The summed E-state index contributed by atoms with van der Waals surface area (Å²) in [7, 11) is 0. The lowest BCUT2D eigenvalue weighted by Gasteiger charge is -2.15. The van der Waals surface area contributed by atoms with Gasteiger partial charge in [0, 0.05) is 12.4 Å². The van der Waals surface area contributed by atoms with Crippen LogP contribution in [0.2, 0.25) is 0 Å². The fourth-order valence-corrected chi connectivity index (χ4v) is 3.21. The van der Waals surface area contributed by atoms with Crippen LogP contribution in [0.5, 0.6) is 0 Å². The van der Waals surface area contributed by atoms with Crippen LogP contribution in [0.25, 0.3) is 0 Å². The fraction of sp³-hybridized carbons (Fsp3) is 0.125. The molecule has 0 N–H and O–H groups in total. The minimum atomic E-state index is -1.28. The molecule has 8 heteroatoms. The predicted octanol–water partition coefficient (Wildman–Crippen LogP) is 1.26. The molecule has 0 unspecified atom stereocenters. The van der Waals surface area contributed by atoms with Gasteiger partial charge in [-0.2, -0.15) is 5.10 Å². The number of hydrogen-bond donors (Lipinski definition) is 0. The summed E-state index contributed by atoms with van der Waals surface area (Å²) in [5.41, 5.74) is 0.600. The van der Waals surface area contributed by atoms with Crippen molar-refractivity contribution in [2.45, 2.75) is 11.7 Å². The molecule has 1 aromatic carbocycles. The Labute approximate surface area is 141 Å². The average molecular weight is 342 g/mol. The third-order valence-electron chi connectivity index (χ3n) is 3.17. The van der Waals surface area contributed by atoms with E-state index in [9.17, 15) is 14.7 Å². The van der Waals surface area contributed by atoms with Crippen molar-refractivity contribution < 1.29 is 19.1 Å². The molecular formula is C16H12N3O4S-. The first kappa shape index (κ1) is 16.0. The van der Waals surface area contributed by atoms with Crippen LogP contribution in [0.15, 0.2) is 63.3 Å². The van der Waals surface area contributed by atoms with Crippen molar-refractivity contribution in [2.75, 3.05) is 4.90 Å². The standard InChI is InChI=1S/C16H13N3O4S/c20-14(21)9-13-15(22)19(11-5-2-1-3-6-11)16(24-13)18-17-10-12-7-4-8-23-12/h1-8,10,13H,9H2,(H,20,21)/p-1/b17-10-,18-16+/t13-/m0/s1. The van der Waals surface area contributed by atoms with Gasteiger partial charge in [-0.15, -0.1) is 5.10 Å². The molecule has 0 spiro atoms. The van der Waals surface area contributed by atoms with Crippen LogP contribution in [0, 0.1) is 0 Å². The number of carboxylic acids is 1. The molecule has 24 heavy (non-hydrogen) atoms. The summed E-state index contributed by atoms with van der Waals surface area (Å²) in [4.78, 5) is 24.7. The number of furan rings is 1. The predicted molar refractivity (Wildman–Crippen MR) is 88.7 cm³/mol. The summed E-state index contributed by atoms with van der Waals surface area (Å²) < 4.78 is 5.11. The van der Waals surface area contributed by atoms with E-state index in [1.165, 1.54) is 17.4 Å². The summed E-state index contributed by atoms with van der Waals surface area (Å²) >= 11 is 1.05. The molecule has 1 atom stereocenters. The Kier molecular flexibility index (Phi) is 4.76. The minimum absolute atomic E-state index is 0.306. The first-order valence-electron chi connectivity index (χ1n) is 7.05. The number of carbonyl (C=O) groups excluding carboxylic acids is 2. The van der Waals surface area contributed by atoms with Gasteiger partial charge in [0.15, 0.2) is 5.17 Å². The van der Waals surface area contributed by atoms with Gasteiger partial charge in [-0.3, -0.25) is 9.69 Å². The number of nitrogens with zero attached hydrogens (tertiary/aromatic N) is 3. The van der Waals surface area contributed by atoms with E-state index in [4.69, 9.17) is 4.42 Å². The SMILES string of the molecule is O=C([O-])C[C@@H]1S/C(=N/N=C\c2ccco2)N(c2ccccc2)C1=O. The van der Waals surface area contributed by atoms with Crippen LogP contribution in [0.3, 0.4) is 0 Å². The molecule has 0 bridgehead atoms. The molecule has 0 saturated carbocycles. The molecule has 0 aliphatic carbocycles. The Bertz CT molecular complexity index is 787. The highest BCUT2D eigenvalue weighted by molar-refractivity contribution is 8.16. The summed E-state index contributed by atoms with van der Waals surface area (Å²) in [6.45, 7) is 0. The van der Waals surface area contributed by atoms with Gasteiger partial charge in [0.25, 0.3) is 0 Å². The van der Waals surface area contributed by atoms with Crippen molar-refractivity contribution in [3.8, 4) is 0 Å². The molecule has 1 aromatic heterocycles. The fourth-order valence-electron chi connectivity index (χ4n) is 2.13. The monoisotopic (exact) mass is 342 g/mol. The number of thioether (sulfide) groups is 1. The molecule has 1 amide bonds. The summed E-state index contributed by atoms with van der Waals surface area (Å²) in [5.74, 6) is -1.12. The normalized spacial score (nSPS) is 19.5. The molecule has 3 rings (SSSR count). The van der Waals surface area contributed by atoms with Crippen molar-refractivity contribution in [2.24, 2.45) is 10.2 Å². The van der Waals surface area contributed by atoms with E-state index in [2.05, 4.69) is 10.2 Å². The molecule has 1 aliphatic rings. The summed E-state index contributed by atoms with van der Waals surface area (Å²) in [5, 5.41) is 18.3. The van der Waals surface area contributed by atoms with E-state index < -0.39 is 11.2 Å². The second kappa shape index (κ2) is 7.14. The number of anilines is 1. The van der Waals surface area contributed by atoms with Crippen molar-refractivity contribution in [1.82, 2.24) is 0 Å². The zero-order valence-electron chi connectivity index (χ0n) is 12.4. The molecule has 2 heterocycles. The van der Waals surface area contributed by atoms with Crippen LogP contribution in [-0.4, -0.2) is 28.5 Å². The van der Waals surface area contributed by atoms with Crippen molar-refractivity contribution >= 4 is 40.7 Å². The lowest BCUT2D eigenvalue weighted by atomic mass is 10.2. The van der Waals surface area contributed by atoms with Gasteiger partial charge >= 0.3 is 0 Å². The van der Waals surface area contributed by atoms with Crippen molar-refractivity contribution in [3.05, 3.63) is 54.5 Å². The zero-order chi connectivity index (χ0) is 16.9. The van der Waals surface area contributed by atoms with Crippen LogP contribution >= 0.6 is 11.8 Å². The average Bonchev–Trinajstić information content (AvgIpc) is 3.17. The quantitative estimate of drug-likeness (QED) is 0.602. The van der Waals surface area contributed by atoms with Crippen LogP contribution in [0.1, 0.15) is 12.2 Å². The smallest absolute Gasteiger partial charge is 0.247 e. The first-order chi connectivity index (χ1) is 11.6. The number of carboxylic acid groups (broad SMARTS) is 1. The van der Waals surface area contributed by atoms with E-state index in [0.29, 0.717) is 16.6 Å². The highest BCUT2D eigenvalue weighted by Crippen LogP contribution is 2.33. The number of amides is 1. The maximum absolute atomic E-state index is 12.5. The number of aliphatic carboxylic acids is 1. The van der Waals surface area contributed by atoms with E-state index in [1.807, 2.05) is 6.07 Å². The number of carbonyl (C=O) groups is 2. The number of rotatable bonds is 5. The van der Waals surface area contributed by atoms with E-state index in [0.717, 1.165) is 11.8 Å². The van der Waals surface area contributed by atoms with Gasteiger partial charge in [-0.25, -0.2) is 0 Å². The third-order valence-corrected chi connectivity index (χ3v) is 4.30. The first-order valence-corrected chi connectivity index (χ1v) is 7.93. The molecule has 1 aliphatic heterocycles. The van der Waals surface area contributed by atoms with Gasteiger partial charge in [0.1, 0.15) is 5.76 Å². The number of hydrogen-bond acceptors (Lipinski definition) is 7.